The number of carbonyl (C=O) groups is 1. The zero-order valence-corrected chi connectivity index (χ0v) is 17.3. The molecule has 6 nitrogen and oxygen atoms in total. The van der Waals surface area contributed by atoms with Crippen LogP contribution in [0.1, 0.15) is 31.4 Å². The molecule has 1 atom stereocenters. The lowest BCUT2D eigenvalue weighted by Crippen LogP contribution is -2.42. The number of amides is 1. The molecule has 1 unspecified atom stereocenters. The summed E-state index contributed by atoms with van der Waals surface area (Å²) in [5, 5.41) is 7.83. The summed E-state index contributed by atoms with van der Waals surface area (Å²) in [6.07, 6.45) is 3.65. The molecule has 0 saturated carbocycles. The summed E-state index contributed by atoms with van der Waals surface area (Å²) in [7, 11) is 0. The number of hydrogen-bond donors (Lipinski definition) is 1. The van der Waals surface area contributed by atoms with Gasteiger partial charge in [0.05, 0.1) is 17.8 Å². The van der Waals surface area contributed by atoms with Crippen molar-refractivity contribution in [3.05, 3.63) is 76.6 Å². The van der Waals surface area contributed by atoms with Crippen molar-refractivity contribution >= 4 is 16.8 Å². The Morgan fingerprint density at radius 3 is 2.57 bits per heavy atom. The number of nitrogens with one attached hydrogen (secondary N) is 1. The summed E-state index contributed by atoms with van der Waals surface area (Å²) in [6.45, 7) is 5.03. The summed E-state index contributed by atoms with van der Waals surface area (Å²) in [5.41, 5.74) is 1.76. The average molecular weight is 405 g/mol. The number of carbonyl (C=O) groups excluding carboxylic acids is 1. The second kappa shape index (κ2) is 9.22. The maximum atomic E-state index is 12.7. The van der Waals surface area contributed by atoms with E-state index in [1.165, 1.54) is 24.6 Å². The fraction of sp³-hybridized carbons (Fsp3) is 0.375. The van der Waals surface area contributed by atoms with Crippen molar-refractivity contribution in [3.63, 3.8) is 0 Å². The lowest BCUT2D eigenvalue weighted by molar-refractivity contribution is -0.122. The molecule has 1 saturated heterocycles. The molecule has 0 aliphatic carbocycles. The standard InChI is InChI=1S/C24H28N4O2/c1-18-11-13-27(14-12-18)22(19-7-3-2-4-8-19)15-25-24(30)17-28-21-10-6-5-9-20(21)23(29)16-26-28/h2-10,16,18,22H,11-15,17H2,1H3,(H,25,30). The third kappa shape index (κ3) is 4.60. The quantitative estimate of drug-likeness (QED) is 0.686. The first kappa shape index (κ1) is 20.3. The minimum atomic E-state index is -0.134. The van der Waals surface area contributed by atoms with E-state index in [2.05, 4.69) is 34.4 Å². The normalized spacial score (nSPS) is 16.4. The molecule has 0 spiro atoms. The molecule has 1 N–H and O–H groups in total. The van der Waals surface area contributed by atoms with Crippen molar-refractivity contribution in [1.82, 2.24) is 20.0 Å². The van der Waals surface area contributed by atoms with Gasteiger partial charge in [-0.15, -0.1) is 0 Å². The number of fused-ring (bicyclic) bond motifs is 1. The number of nitrogens with zero attached hydrogens (tertiary/aromatic N) is 3. The largest absolute Gasteiger partial charge is 0.353 e. The molecule has 2 aromatic carbocycles. The van der Waals surface area contributed by atoms with E-state index in [-0.39, 0.29) is 23.9 Å². The van der Waals surface area contributed by atoms with Crippen LogP contribution >= 0.6 is 0 Å². The Morgan fingerprint density at radius 1 is 1.10 bits per heavy atom. The number of hydrogen-bond acceptors (Lipinski definition) is 4. The highest BCUT2D eigenvalue weighted by Crippen LogP contribution is 2.26. The highest BCUT2D eigenvalue weighted by atomic mass is 16.2. The second-order valence-electron chi connectivity index (χ2n) is 8.13. The number of benzene rings is 2. The lowest BCUT2D eigenvalue weighted by atomic mass is 9.95. The van der Waals surface area contributed by atoms with Gasteiger partial charge in [0.15, 0.2) is 0 Å². The van der Waals surface area contributed by atoms with E-state index in [9.17, 15) is 9.59 Å². The van der Waals surface area contributed by atoms with Gasteiger partial charge in [0.2, 0.25) is 11.3 Å². The Hall–Kier alpha value is -2.99. The van der Waals surface area contributed by atoms with Gasteiger partial charge in [0, 0.05) is 11.9 Å². The first-order chi connectivity index (χ1) is 14.6. The van der Waals surface area contributed by atoms with Crippen molar-refractivity contribution in [2.45, 2.75) is 32.4 Å². The molecule has 6 heteroatoms. The molecule has 2 heterocycles. The van der Waals surface area contributed by atoms with Crippen LogP contribution in [0.5, 0.6) is 0 Å². The zero-order valence-electron chi connectivity index (χ0n) is 17.3. The van der Waals surface area contributed by atoms with E-state index in [4.69, 9.17) is 0 Å². The van der Waals surface area contributed by atoms with Crippen LogP contribution in [0.2, 0.25) is 0 Å². The van der Waals surface area contributed by atoms with Crippen LogP contribution in [0, 0.1) is 5.92 Å². The van der Waals surface area contributed by atoms with Gasteiger partial charge in [-0.25, -0.2) is 0 Å². The van der Waals surface area contributed by atoms with Crippen LogP contribution in [0.4, 0.5) is 0 Å². The van der Waals surface area contributed by atoms with Gasteiger partial charge in [-0.3, -0.25) is 19.2 Å². The maximum absolute atomic E-state index is 12.7. The molecule has 156 valence electrons. The fourth-order valence-electron chi connectivity index (χ4n) is 4.16. The van der Waals surface area contributed by atoms with Crippen LogP contribution in [0.25, 0.3) is 10.9 Å². The third-order valence-electron chi connectivity index (χ3n) is 5.99. The summed E-state index contributed by atoms with van der Waals surface area (Å²) in [4.78, 5) is 27.2. The van der Waals surface area contributed by atoms with E-state index in [1.807, 2.05) is 36.4 Å². The number of aromatic nitrogens is 2. The SMILES string of the molecule is CC1CCN(C(CNC(=O)Cn2ncc(=O)c3ccccc32)c2ccccc2)CC1. The lowest BCUT2D eigenvalue weighted by Gasteiger charge is -2.37. The molecule has 1 aromatic heterocycles. The number of rotatable bonds is 6. The Kier molecular flexibility index (Phi) is 6.23. The Balaban J connectivity index is 1.47. The summed E-state index contributed by atoms with van der Waals surface area (Å²) in [5.74, 6) is 0.648. The molecule has 1 aliphatic heterocycles. The molecule has 3 aromatic rings. The highest BCUT2D eigenvalue weighted by Gasteiger charge is 2.25. The van der Waals surface area contributed by atoms with Crippen LogP contribution < -0.4 is 10.7 Å². The van der Waals surface area contributed by atoms with Crippen LogP contribution in [0.15, 0.2) is 65.6 Å². The average Bonchev–Trinajstić information content (AvgIpc) is 2.78. The van der Waals surface area contributed by atoms with Gasteiger partial charge in [-0.2, -0.15) is 5.10 Å². The number of piperidine rings is 1. The molecule has 0 bridgehead atoms. The molecule has 1 fully saturated rings. The molecule has 30 heavy (non-hydrogen) atoms. The second-order valence-corrected chi connectivity index (χ2v) is 8.13. The Morgan fingerprint density at radius 2 is 1.80 bits per heavy atom. The first-order valence-electron chi connectivity index (χ1n) is 10.6. The summed E-state index contributed by atoms with van der Waals surface area (Å²) in [6, 6.07) is 17.8. The zero-order chi connectivity index (χ0) is 20.9. The summed E-state index contributed by atoms with van der Waals surface area (Å²) < 4.78 is 1.59. The van der Waals surface area contributed by atoms with Crippen molar-refractivity contribution in [2.75, 3.05) is 19.6 Å². The van der Waals surface area contributed by atoms with Crippen molar-refractivity contribution in [1.29, 1.82) is 0 Å². The van der Waals surface area contributed by atoms with Gasteiger partial charge >= 0.3 is 0 Å². The fourth-order valence-corrected chi connectivity index (χ4v) is 4.16. The molecule has 1 aliphatic rings. The Bertz CT molecular complexity index is 1060. The minimum absolute atomic E-state index is 0.0827. The number of para-hydroxylation sites is 1. The smallest absolute Gasteiger partial charge is 0.241 e. The van der Waals surface area contributed by atoms with E-state index in [0.717, 1.165) is 19.0 Å². The van der Waals surface area contributed by atoms with Crippen LogP contribution in [-0.2, 0) is 11.3 Å². The van der Waals surface area contributed by atoms with E-state index in [1.54, 1.807) is 10.7 Å². The van der Waals surface area contributed by atoms with E-state index < -0.39 is 0 Å². The summed E-state index contributed by atoms with van der Waals surface area (Å²) >= 11 is 0. The predicted octanol–water partition coefficient (Wildman–Crippen LogP) is 2.99. The third-order valence-corrected chi connectivity index (χ3v) is 5.99. The van der Waals surface area contributed by atoms with Gasteiger partial charge in [-0.05, 0) is 49.5 Å². The van der Waals surface area contributed by atoms with Crippen molar-refractivity contribution in [3.8, 4) is 0 Å². The molecule has 4 rings (SSSR count). The van der Waals surface area contributed by atoms with Gasteiger partial charge in [0.25, 0.3) is 0 Å². The predicted molar refractivity (Wildman–Crippen MR) is 118 cm³/mol. The van der Waals surface area contributed by atoms with E-state index >= 15 is 0 Å². The van der Waals surface area contributed by atoms with Crippen LogP contribution in [-0.4, -0.2) is 40.2 Å². The molecular formula is C24H28N4O2. The monoisotopic (exact) mass is 404 g/mol. The van der Waals surface area contributed by atoms with Gasteiger partial charge in [0.1, 0.15) is 6.54 Å². The molecule has 1 amide bonds. The van der Waals surface area contributed by atoms with E-state index in [0.29, 0.717) is 17.4 Å². The highest BCUT2D eigenvalue weighted by molar-refractivity contribution is 5.81. The van der Waals surface area contributed by atoms with Gasteiger partial charge in [-0.1, -0.05) is 49.4 Å². The van der Waals surface area contributed by atoms with Crippen LogP contribution in [0.3, 0.4) is 0 Å². The van der Waals surface area contributed by atoms with Crippen molar-refractivity contribution in [2.24, 2.45) is 5.92 Å². The number of likely N-dealkylation sites (tertiary alicyclic amines) is 1. The topological polar surface area (TPSA) is 67.2 Å². The van der Waals surface area contributed by atoms with Gasteiger partial charge < -0.3 is 5.32 Å². The Labute approximate surface area is 176 Å². The minimum Gasteiger partial charge on any atom is -0.353 e. The maximum Gasteiger partial charge on any atom is 0.241 e. The van der Waals surface area contributed by atoms with Crippen molar-refractivity contribution < 1.29 is 4.79 Å². The first-order valence-corrected chi connectivity index (χ1v) is 10.6. The molecule has 0 radical (unpaired) electrons. The molecular weight excluding hydrogens is 376 g/mol.